The van der Waals surface area contributed by atoms with Gasteiger partial charge in [-0.05, 0) is 41.0 Å². The van der Waals surface area contributed by atoms with Crippen LogP contribution in [-0.4, -0.2) is 58.9 Å². The summed E-state index contributed by atoms with van der Waals surface area (Å²) in [5, 5.41) is 7.84. The van der Waals surface area contributed by atoms with Crippen LogP contribution in [0.15, 0.2) is 22.9 Å². The summed E-state index contributed by atoms with van der Waals surface area (Å²) >= 11 is 3.43. The van der Waals surface area contributed by atoms with Gasteiger partial charge in [-0.25, -0.2) is 9.50 Å². The summed E-state index contributed by atoms with van der Waals surface area (Å²) in [6, 6.07) is 3.92. The fourth-order valence-corrected chi connectivity index (χ4v) is 2.65. The van der Waals surface area contributed by atoms with E-state index in [1.807, 2.05) is 12.1 Å². The number of imidazole rings is 1. The summed E-state index contributed by atoms with van der Waals surface area (Å²) in [5.74, 6) is 0.873. The molecule has 0 saturated carbocycles. The van der Waals surface area contributed by atoms with Crippen LogP contribution in [0.4, 0.5) is 5.82 Å². The maximum Gasteiger partial charge on any atom is 0.154 e. The Balaban J connectivity index is 1.48. The molecule has 0 atom stereocenters. The van der Waals surface area contributed by atoms with Crippen molar-refractivity contribution in [2.75, 3.05) is 44.7 Å². The average Bonchev–Trinajstić information content (AvgIpc) is 2.86. The lowest BCUT2D eigenvalue weighted by Crippen LogP contribution is -2.37. The van der Waals surface area contributed by atoms with E-state index in [2.05, 4.69) is 36.2 Å². The first kappa shape index (κ1) is 13.8. The highest BCUT2D eigenvalue weighted by atomic mass is 79.9. The fourth-order valence-electron chi connectivity index (χ4n) is 2.28. The molecule has 0 radical (unpaired) electrons. The molecule has 0 spiro atoms. The molecule has 0 unspecified atom stereocenters. The zero-order valence-corrected chi connectivity index (χ0v) is 12.8. The van der Waals surface area contributed by atoms with Crippen molar-refractivity contribution in [3.8, 4) is 0 Å². The summed E-state index contributed by atoms with van der Waals surface area (Å²) in [7, 11) is 0. The largest absolute Gasteiger partial charge is 0.379 e. The Hall–Kier alpha value is -1.18. The molecule has 1 fully saturated rings. The van der Waals surface area contributed by atoms with E-state index in [9.17, 15) is 0 Å². The number of rotatable bonds is 5. The highest BCUT2D eigenvalue weighted by Gasteiger charge is 2.09. The van der Waals surface area contributed by atoms with Gasteiger partial charge in [-0.15, -0.1) is 5.10 Å². The van der Waals surface area contributed by atoms with Gasteiger partial charge in [-0.2, -0.15) is 0 Å². The lowest BCUT2D eigenvalue weighted by molar-refractivity contribution is 0.0378. The molecule has 3 rings (SSSR count). The van der Waals surface area contributed by atoms with Gasteiger partial charge in [0.25, 0.3) is 0 Å². The summed E-state index contributed by atoms with van der Waals surface area (Å²) < 4.78 is 7.99. The van der Waals surface area contributed by atoms with Gasteiger partial charge in [0.05, 0.1) is 19.4 Å². The van der Waals surface area contributed by atoms with E-state index in [1.54, 1.807) is 10.7 Å². The molecular formula is C13H18BrN5O. The van der Waals surface area contributed by atoms with E-state index in [0.29, 0.717) is 0 Å². The summed E-state index contributed by atoms with van der Waals surface area (Å²) in [5.41, 5.74) is 0.843. The van der Waals surface area contributed by atoms with Crippen molar-refractivity contribution >= 4 is 27.4 Å². The molecule has 108 valence electrons. The van der Waals surface area contributed by atoms with Crippen LogP contribution in [0.5, 0.6) is 0 Å². The zero-order valence-electron chi connectivity index (χ0n) is 11.3. The van der Waals surface area contributed by atoms with Crippen LogP contribution in [0.1, 0.15) is 6.42 Å². The third-order valence-corrected chi connectivity index (χ3v) is 3.92. The van der Waals surface area contributed by atoms with E-state index in [-0.39, 0.29) is 0 Å². The first-order valence-corrected chi connectivity index (χ1v) is 7.66. The van der Waals surface area contributed by atoms with Crippen molar-refractivity contribution in [1.82, 2.24) is 19.5 Å². The van der Waals surface area contributed by atoms with Crippen molar-refractivity contribution in [2.24, 2.45) is 0 Å². The third kappa shape index (κ3) is 3.28. The van der Waals surface area contributed by atoms with Crippen molar-refractivity contribution < 1.29 is 4.74 Å². The lowest BCUT2D eigenvalue weighted by Gasteiger charge is -2.26. The van der Waals surface area contributed by atoms with Crippen LogP contribution in [0.2, 0.25) is 0 Å². The number of halogens is 1. The molecule has 0 amide bonds. The maximum atomic E-state index is 5.34. The smallest absolute Gasteiger partial charge is 0.154 e. The molecule has 20 heavy (non-hydrogen) atoms. The molecular weight excluding hydrogens is 322 g/mol. The molecule has 1 aliphatic heterocycles. The second-order valence-electron chi connectivity index (χ2n) is 4.80. The van der Waals surface area contributed by atoms with E-state index in [1.165, 1.54) is 0 Å². The van der Waals surface area contributed by atoms with Crippen molar-refractivity contribution in [1.29, 1.82) is 0 Å². The fraction of sp³-hybridized carbons (Fsp3) is 0.538. The minimum Gasteiger partial charge on any atom is -0.379 e. The quantitative estimate of drug-likeness (QED) is 0.839. The van der Waals surface area contributed by atoms with E-state index in [0.717, 1.165) is 61.9 Å². The average molecular weight is 340 g/mol. The molecule has 0 aliphatic carbocycles. The molecule has 7 heteroatoms. The number of hydrogen-bond acceptors (Lipinski definition) is 5. The number of morpholine rings is 1. The van der Waals surface area contributed by atoms with Gasteiger partial charge in [-0.1, -0.05) is 0 Å². The number of ether oxygens (including phenoxy) is 1. The number of nitrogens with one attached hydrogen (secondary N) is 1. The van der Waals surface area contributed by atoms with Crippen molar-refractivity contribution in [3.05, 3.63) is 22.9 Å². The van der Waals surface area contributed by atoms with Crippen LogP contribution in [0.25, 0.3) is 5.65 Å². The molecule has 1 N–H and O–H groups in total. The molecule has 2 aromatic rings. The minimum absolute atomic E-state index is 0.843. The molecule has 3 heterocycles. The predicted octanol–water partition coefficient (Wildman–Crippen LogP) is 1.63. The van der Waals surface area contributed by atoms with Crippen LogP contribution in [0.3, 0.4) is 0 Å². The topological polar surface area (TPSA) is 54.7 Å². The Labute approximate surface area is 126 Å². The van der Waals surface area contributed by atoms with Crippen LogP contribution < -0.4 is 5.32 Å². The number of nitrogens with zero attached hydrogens (tertiary/aromatic N) is 4. The van der Waals surface area contributed by atoms with Gasteiger partial charge in [0.1, 0.15) is 10.4 Å². The highest BCUT2D eigenvalue weighted by Crippen LogP contribution is 2.13. The Morgan fingerprint density at radius 2 is 2.15 bits per heavy atom. The van der Waals surface area contributed by atoms with Crippen molar-refractivity contribution in [2.45, 2.75) is 6.42 Å². The molecule has 2 aromatic heterocycles. The van der Waals surface area contributed by atoms with Gasteiger partial charge in [-0.3, -0.25) is 4.90 Å². The standard InChI is InChI=1S/C13H18BrN5O/c14-11-10-16-13-3-2-12(17-19(11)13)15-4-1-5-18-6-8-20-9-7-18/h2-3,10H,1,4-9H2,(H,15,17). The molecule has 1 saturated heterocycles. The Morgan fingerprint density at radius 1 is 1.30 bits per heavy atom. The third-order valence-electron chi connectivity index (χ3n) is 3.38. The SMILES string of the molecule is Brc1cnc2ccc(NCCCN3CCOCC3)nn12. The normalized spacial score (nSPS) is 16.6. The lowest BCUT2D eigenvalue weighted by atomic mass is 10.3. The maximum absolute atomic E-state index is 5.34. The zero-order chi connectivity index (χ0) is 13.8. The van der Waals surface area contributed by atoms with Gasteiger partial charge in [0.2, 0.25) is 0 Å². The van der Waals surface area contributed by atoms with Crippen LogP contribution >= 0.6 is 15.9 Å². The molecule has 1 aliphatic rings. The highest BCUT2D eigenvalue weighted by molar-refractivity contribution is 9.10. The van der Waals surface area contributed by atoms with Crippen molar-refractivity contribution in [3.63, 3.8) is 0 Å². The molecule has 0 aromatic carbocycles. The Morgan fingerprint density at radius 3 is 3.00 bits per heavy atom. The van der Waals surface area contributed by atoms with Crippen LogP contribution in [0, 0.1) is 0 Å². The van der Waals surface area contributed by atoms with E-state index >= 15 is 0 Å². The summed E-state index contributed by atoms with van der Waals surface area (Å²) in [6.45, 7) is 5.84. The first-order valence-electron chi connectivity index (χ1n) is 6.87. The number of fused-ring (bicyclic) bond motifs is 1. The van der Waals surface area contributed by atoms with Gasteiger partial charge in [0, 0.05) is 19.6 Å². The summed E-state index contributed by atoms with van der Waals surface area (Å²) in [6.07, 6.45) is 2.86. The molecule has 0 bridgehead atoms. The van der Waals surface area contributed by atoms with Gasteiger partial charge < -0.3 is 10.1 Å². The Kier molecular flexibility index (Phi) is 4.49. The first-order chi connectivity index (χ1) is 9.83. The number of hydrogen-bond donors (Lipinski definition) is 1. The van der Waals surface area contributed by atoms with E-state index < -0.39 is 0 Å². The second-order valence-corrected chi connectivity index (χ2v) is 5.62. The minimum atomic E-state index is 0.843. The van der Waals surface area contributed by atoms with E-state index in [4.69, 9.17) is 4.74 Å². The predicted molar refractivity (Wildman–Crippen MR) is 81.1 cm³/mol. The Bertz CT molecular complexity index is 567. The number of aromatic nitrogens is 3. The second kappa shape index (κ2) is 6.51. The van der Waals surface area contributed by atoms with Gasteiger partial charge in [0.15, 0.2) is 5.65 Å². The summed E-state index contributed by atoms with van der Waals surface area (Å²) in [4.78, 5) is 6.66. The number of anilines is 1. The molecule has 6 nitrogen and oxygen atoms in total. The monoisotopic (exact) mass is 339 g/mol. The van der Waals surface area contributed by atoms with Gasteiger partial charge >= 0.3 is 0 Å². The van der Waals surface area contributed by atoms with Crippen LogP contribution in [-0.2, 0) is 4.74 Å².